The number of nitrogens with one attached hydrogen (secondary N) is 1. The highest BCUT2D eigenvalue weighted by Gasteiger charge is 2.27. The lowest BCUT2D eigenvalue weighted by Crippen LogP contribution is -2.43. The van der Waals surface area contributed by atoms with Gasteiger partial charge < -0.3 is 10.2 Å². The van der Waals surface area contributed by atoms with Gasteiger partial charge in [0.15, 0.2) is 0 Å². The number of halogens is 2. The second-order valence-corrected chi connectivity index (χ2v) is 7.08. The molecule has 1 aliphatic heterocycles. The van der Waals surface area contributed by atoms with Crippen LogP contribution in [0.15, 0.2) is 28.7 Å². The van der Waals surface area contributed by atoms with E-state index < -0.39 is 0 Å². The molecule has 0 aliphatic carbocycles. The van der Waals surface area contributed by atoms with Crippen LogP contribution in [0.5, 0.6) is 0 Å². The lowest BCUT2D eigenvalue weighted by atomic mass is 9.92. The lowest BCUT2D eigenvalue weighted by molar-refractivity contribution is -0.137. The molecule has 0 saturated carbocycles. The summed E-state index contributed by atoms with van der Waals surface area (Å²) in [6, 6.07) is 8.22. The first-order valence-corrected chi connectivity index (χ1v) is 9.11. The predicted octanol–water partition coefficient (Wildman–Crippen LogP) is 3.90. The van der Waals surface area contributed by atoms with E-state index in [1.54, 1.807) is 0 Å². The molecular formula is C18H28BrClN2O. The van der Waals surface area contributed by atoms with Gasteiger partial charge in [-0.1, -0.05) is 41.1 Å². The minimum absolute atomic E-state index is 0. The van der Waals surface area contributed by atoms with Crippen LogP contribution < -0.4 is 5.32 Å². The number of hydrogen-bond donors (Lipinski definition) is 1. The number of amides is 1. The maximum absolute atomic E-state index is 12.8. The molecule has 0 radical (unpaired) electrons. The van der Waals surface area contributed by atoms with Crippen LogP contribution in [-0.2, 0) is 11.2 Å². The zero-order valence-corrected chi connectivity index (χ0v) is 16.5. The van der Waals surface area contributed by atoms with E-state index in [4.69, 9.17) is 0 Å². The van der Waals surface area contributed by atoms with E-state index in [1.165, 1.54) is 5.56 Å². The van der Waals surface area contributed by atoms with Gasteiger partial charge in [-0.3, -0.25) is 4.79 Å². The summed E-state index contributed by atoms with van der Waals surface area (Å²) in [6.45, 7) is 5.01. The Bertz CT molecular complexity index is 490. The van der Waals surface area contributed by atoms with Gasteiger partial charge in [-0.25, -0.2) is 0 Å². The number of piperidine rings is 1. The van der Waals surface area contributed by atoms with Crippen molar-refractivity contribution >= 4 is 34.2 Å². The third kappa shape index (κ3) is 5.77. The van der Waals surface area contributed by atoms with Gasteiger partial charge in [0.2, 0.25) is 5.91 Å². The van der Waals surface area contributed by atoms with Crippen molar-refractivity contribution in [1.29, 1.82) is 0 Å². The molecule has 1 aliphatic rings. The fraction of sp³-hybridized carbons (Fsp3) is 0.611. The molecule has 5 heteroatoms. The lowest BCUT2D eigenvalue weighted by Gasteiger charge is -2.34. The summed E-state index contributed by atoms with van der Waals surface area (Å²) in [5.74, 6) is 1.15. The predicted molar refractivity (Wildman–Crippen MR) is 102 cm³/mol. The number of likely N-dealkylation sites (tertiary alicyclic amines) is 1. The number of hydrogen-bond acceptors (Lipinski definition) is 2. The minimum Gasteiger partial charge on any atom is -0.342 e. The number of rotatable bonds is 6. The summed E-state index contributed by atoms with van der Waals surface area (Å²) in [7, 11) is 2.00. The number of nitrogens with zero attached hydrogens (tertiary/aromatic N) is 1. The molecule has 3 nitrogen and oxygen atoms in total. The average molecular weight is 404 g/mol. The smallest absolute Gasteiger partial charge is 0.226 e. The average Bonchev–Trinajstić information content (AvgIpc) is 2.54. The maximum atomic E-state index is 12.8. The summed E-state index contributed by atoms with van der Waals surface area (Å²) >= 11 is 3.59. The van der Waals surface area contributed by atoms with E-state index in [-0.39, 0.29) is 18.3 Å². The van der Waals surface area contributed by atoms with E-state index in [2.05, 4.69) is 45.2 Å². The Labute approximate surface area is 154 Å². The van der Waals surface area contributed by atoms with E-state index >= 15 is 0 Å². The molecular weight excluding hydrogens is 376 g/mol. The fourth-order valence-corrected chi connectivity index (χ4v) is 3.69. The standard InChI is InChI=1S/C18H27BrN2O.ClH/c1-3-15(12-16-6-4-5-7-17(16)19)18(22)21-10-8-14(9-11-21)13-20-2;/h4-7,14-15,20H,3,8-13H2,1-2H3;1H. The van der Waals surface area contributed by atoms with Crippen molar-refractivity contribution in [2.24, 2.45) is 11.8 Å². The van der Waals surface area contributed by atoms with Crippen molar-refractivity contribution < 1.29 is 4.79 Å². The topological polar surface area (TPSA) is 32.3 Å². The van der Waals surface area contributed by atoms with Crippen LogP contribution in [0.4, 0.5) is 0 Å². The molecule has 1 amide bonds. The molecule has 1 fully saturated rings. The van der Waals surface area contributed by atoms with Gasteiger partial charge >= 0.3 is 0 Å². The van der Waals surface area contributed by atoms with Crippen LogP contribution in [0, 0.1) is 11.8 Å². The Kier molecular flexibility index (Phi) is 9.18. The molecule has 1 aromatic rings. The first kappa shape index (κ1) is 20.5. The summed E-state index contributed by atoms with van der Waals surface area (Å²) in [4.78, 5) is 14.9. The van der Waals surface area contributed by atoms with E-state index in [0.29, 0.717) is 5.91 Å². The van der Waals surface area contributed by atoms with Crippen molar-refractivity contribution in [3.8, 4) is 0 Å². The third-order valence-corrected chi connectivity index (χ3v) is 5.46. The first-order valence-electron chi connectivity index (χ1n) is 8.32. The summed E-state index contributed by atoms with van der Waals surface area (Å²) in [6.07, 6.45) is 3.97. The van der Waals surface area contributed by atoms with Gasteiger partial charge in [0, 0.05) is 23.5 Å². The summed E-state index contributed by atoms with van der Waals surface area (Å²) in [5, 5.41) is 3.25. The molecule has 0 spiro atoms. The Hall–Kier alpha value is -0.580. The van der Waals surface area contributed by atoms with Crippen LogP contribution in [0.25, 0.3) is 0 Å². The molecule has 1 heterocycles. The Balaban J connectivity index is 0.00000264. The third-order valence-electron chi connectivity index (χ3n) is 4.69. The van der Waals surface area contributed by atoms with Crippen LogP contribution in [0.1, 0.15) is 31.7 Å². The van der Waals surface area contributed by atoms with Crippen LogP contribution in [-0.4, -0.2) is 37.5 Å². The van der Waals surface area contributed by atoms with Crippen LogP contribution in [0.2, 0.25) is 0 Å². The maximum Gasteiger partial charge on any atom is 0.226 e. The van der Waals surface area contributed by atoms with Crippen LogP contribution in [0.3, 0.4) is 0 Å². The minimum atomic E-state index is 0. The SMILES string of the molecule is CCC(Cc1ccccc1Br)C(=O)N1CCC(CNC)CC1.Cl. The molecule has 0 bridgehead atoms. The van der Waals surface area contributed by atoms with E-state index in [1.807, 2.05) is 19.2 Å². The van der Waals surface area contributed by atoms with Gasteiger partial charge in [0.05, 0.1) is 0 Å². The highest BCUT2D eigenvalue weighted by molar-refractivity contribution is 9.10. The van der Waals surface area contributed by atoms with Crippen molar-refractivity contribution in [3.63, 3.8) is 0 Å². The highest BCUT2D eigenvalue weighted by atomic mass is 79.9. The molecule has 23 heavy (non-hydrogen) atoms. The molecule has 0 aromatic heterocycles. The zero-order valence-electron chi connectivity index (χ0n) is 14.1. The van der Waals surface area contributed by atoms with Crippen LogP contribution >= 0.6 is 28.3 Å². The van der Waals surface area contributed by atoms with E-state index in [9.17, 15) is 4.79 Å². The molecule has 1 aromatic carbocycles. The number of benzene rings is 1. The molecule has 1 unspecified atom stereocenters. The molecule has 2 rings (SSSR count). The Morgan fingerprint density at radius 1 is 1.35 bits per heavy atom. The number of carbonyl (C=O) groups excluding carboxylic acids is 1. The second kappa shape index (κ2) is 10.3. The molecule has 1 N–H and O–H groups in total. The number of carbonyl (C=O) groups is 1. The van der Waals surface area contributed by atoms with Crippen molar-refractivity contribution in [3.05, 3.63) is 34.3 Å². The molecule has 1 saturated heterocycles. The fourth-order valence-electron chi connectivity index (χ4n) is 3.24. The quantitative estimate of drug-likeness (QED) is 0.781. The first-order chi connectivity index (χ1) is 10.7. The molecule has 130 valence electrons. The summed E-state index contributed by atoms with van der Waals surface area (Å²) in [5.41, 5.74) is 1.23. The second-order valence-electron chi connectivity index (χ2n) is 6.23. The van der Waals surface area contributed by atoms with Crippen molar-refractivity contribution in [1.82, 2.24) is 10.2 Å². The van der Waals surface area contributed by atoms with Gasteiger partial charge in [0.25, 0.3) is 0 Å². The van der Waals surface area contributed by atoms with Crippen molar-refractivity contribution in [2.75, 3.05) is 26.7 Å². The van der Waals surface area contributed by atoms with Gasteiger partial charge in [-0.2, -0.15) is 0 Å². The van der Waals surface area contributed by atoms with Crippen molar-refractivity contribution in [2.45, 2.75) is 32.6 Å². The Morgan fingerprint density at radius 3 is 2.57 bits per heavy atom. The summed E-state index contributed by atoms with van der Waals surface area (Å²) < 4.78 is 1.11. The van der Waals surface area contributed by atoms with Gasteiger partial charge in [-0.15, -0.1) is 12.4 Å². The van der Waals surface area contributed by atoms with E-state index in [0.717, 1.165) is 55.7 Å². The normalized spacial score (nSPS) is 16.7. The largest absolute Gasteiger partial charge is 0.342 e. The Morgan fingerprint density at radius 2 is 2.00 bits per heavy atom. The monoisotopic (exact) mass is 402 g/mol. The van der Waals surface area contributed by atoms with Gasteiger partial charge in [-0.05, 0) is 56.8 Å². The van der Waals surface area contributed by atoms with Gasteiger partial charge in [0.1, 0.15) is 0 Å². The zero-order chi connectivity index (χ0) is 15.9. The molecule has 1 atom stereocenters. The highest BCUT2D eigenvalue weighted by Crippen LogP contribution is 2.24.